The number of amides is 2. The molecule has 0 atom stereocenters. The van der Waals surface area contributed by atoms with E-state index in [1.54, 1.807) is 20.8 Å². The van der Waals surface area contributed by atoms with E-state index in [9.17, 15) is 14.0 Å². The third-order valence-electron chi connectivity index (χ3n) is 7.78. The van der Waals surface area contributed by atoms with Crippen LogP contribution in [-0.4, -0.2) is 50.0 Å². The van der Waals surface area contributed by atoms with Gasteiger partial charge in [0.15, 0.2) is 0 Å². The van der Waals surface area contributed by atoms with E-state index in [4.69, 9.17) is 14.2 Å². The molecule has 1 aromatic carbocycles. The Morgan fingerprint density at radius 3 is 2.39 bits per heavy atom. The third kappa shape index (κ3) is 6.20. The minimum absolute atomic E-state index is 0.00460. The van der Waals surface area contributed by atoms with Gasteiger partial charge in [0.25, 0.3) is 0 Å². The molecule has 36 heavy (non-hydrogen) atoms. The fourth-order valence-electron chi connectivity index (χ4n) is 5.79. The average molecular weight is 503 g/mol. The van der Waals surface area contributed by atoms with Crippen LogP contribution in [0.5, 0.6) is 5.75 Å². The second kappa shape index (κ2) is 10.8. The number of halogens is 1. The monoisotopic (exact) mass is 502 g/mol. The minimum Gasteiger partial charge on any atom is -0.489 e. The van der Waals surface area contributed by atoms with Crippen molar-refractivity contribution in [3.05, 3.63) is 41.7 Å². The van der Waals surface area contributed by atoms with Gasteiger partial charge in [-0.05, 0) is 88.8 Å². The van der Waals surface area contributed by atoms with Crippen LogP contribution >= 0.6 is 0 Å². The van der Waals surface area contributed by atoms with E-state index in [-0.39, 0.29) is 35.9 Å². The number of nitrogens with one attached hydrogen (secondary N) is 2. The van der Waals surface area contributed by atoms with Gasteiger partial charge in [-0.25, -0.2) is 9.18 Å². The Balaban J connectivity index is 1.29. The number of hydrogen-bond donors (Lipinski definition) is 2. The molecule has 1 heterocycles. The summed E-state index contributed by atoms with van der Waals surface area (Å²) in [6.45, 7) is 6.77. The molecule has 7 nitrogen and oxygen atoms in total. The summed E-state index contributed by atoms with van der Waals surface area (Å²) in [4.78, 5) is 25.0. The largest absolute Gasteiger partial charge is 0.489 e. The normalized spacial score (nSPS) is 26.5. The fourth-order valence-corrected chi connectivity index (χ4v) is 5.79. The van der Waals surface area contributed by atoms with Gasteiger partial charge in [-0.3, -0.25) is 4.79 Å². The van der Waals surface area contributed by atoms with Crippen LogP contribution < -0.4 is 15.4 Å². The van der Waals surface area contributed by atoms with Gasteiger partial charge in [0.1, 0.15) is 18.0 Å². The van der Waals surface area contributed by atoms with E-state index in [1.807, 2.05) is 12.1 Å². The summed E-state index contributed by atoms with van der Waals surface area (Å²) in [6, 6.07) is 8.19. The Morgan fingerprint density at radius 1 is 1.11 bits per heavy atom. The number of carbonyl (C=O) groups excluding carboxylic acids is 2. The molecular weight excluding hydrogens is 463 g/mol. The standard InChI is InChI=1S/C28H39FN2O5/c1-26(2,3)36-25(33)30-17-20(16-29)18-35-23-6-4-21(5-7-23)27-10-12-28(19-27,13-11-27)24(32)31-22-8-14-34-15-9-22/h4-7,16,22H,8-15,17-19H2,1-3H3,(H,30,33)(H,31,32)/b20-16+. The van der Waals surface area contributed by atoms with E-state index in [0.29, 0.717) is 17.7 Å². The molecule has 0 spiro atoms. The van der Waals surface area contributed by atoms with Crippen molar-refractivity contribution in [3.63, 3.8) is 0 Å². The van der Waals surface area contributed by atoms with Gasteiger partial charge < -0.3 is 24.8 Å². The summed E-state index contributed by atoms with van der Waals surface area (Å²) < 4.78 is 29.6. The van der Waals surface area contributed by atoms with Crippen LogP contribution in [0, 0.1) is 5.41 Å². The molecule has 8 heteroatoms. The maximum Gasteiger partial charge on any atom is 0.407 e. The zero-order valence-corrected chi connectivity index (χ0v) is 21.7. The second-order valence-corrected chi connectivity index (χ2v) is 11.5. The number of ether oxygens (including phenoxy) is 3. The van der Waals surface area contributed by atoms with Crippen LogP contribution in [0.25, 0.3) is 0 Å². The van der Waals surface area contributed by atoms with Gasteiger partial charge in [0.05, 0.1) is 11.7 Å². The summed E-state index contributed by atoms with van der Waals surface area (Å²) in [6.07, 6.45) is 6.41. The SMILES string of the molecule is CC(C)(C)OC(=O)NC/C(=C\F)COc1ccc(C23CCC(C(=O)NC4CCOCC4)(CC2)C3)cc1. The molecule has 3 fully saturated rings. The van der Waals surface area contributed by atoms with Crippen LogP contribution in [0.4, 0.5) is 9.18 Å². The molecule has 0 radical (unpaired) electrons. The first-order valence-corrected chi connectivity index (χ1v) is 13.0. The van der Waals surface area contributed by atoms with Crippen LogP contribution in [-0.2, 0) is 19.7 Å². The van der Waals surface area contributed by atoms with Crippen molar-refractivity contribution in [1.82, 2.24) is 10.6 Å². The van der Waals surface area contributed by atoms with Crippen molar-refractivity contribution in [2.75, 3.05) is 26.4 Å². The lowest BCUT2D eigenvalue weighted by molar-refractivity contribution is -0.132. The van der Waals surface area contributed by atoms with E-state index < -0.39 is 11.7 Å². The Kier molecular flexibility index (Phi) is 7.93. The van der Waals surface area contributed by atoms with Crippen molar-refractivity contribution in [3.8, 4) is 5.75 Å². The van der Waals surface area contributed by atoms with Crippen molar-refractivity contribution in [2.24, 2.45) is 5.41 Å². The topological polar surface area (TPSA) is 85.9 Å². The smallest absolute Gasteiger partial charge is 0.407 e. The lowest BCUT2D eigenvalue weighted by atomic mass is 9.77. The van der Waals surface area contributed by atoms with Crippen LogP contribution in [0.15, 0.2) is 36.2 Å². The van der Waals surface area contributed by atoms with Crippen molar-refractivity contribution in [2.45, 2.75) is 82.8 Å². The Bertz CT molecular complexity index is 955. The first-order valence-electron chi connectivity index (χ1n) is 13.0. The number of fused-ring (bicyclic) bond motifs is 2. The quantitative estimate of drug-likeness (QED) is 0.526. The fraction of sp³-hybridized carbons (Fsp3) is 0.643. The molecule has 4 rings (SSSR count). The number of carbonyl (C=O) groups is 2. The van der Waals surface area contributed by atoms with Gasteiger partial charge in [-0.15, -0.1) is 0 Å². The van der Waals surface area contributed by atoms with Gasteiger partial charge in [0, 0.05) is 31.4 Å². The molecule has 2 saturated carbocycles. The highest BCUT2D eigenvalue weighted by Crippen LogP contribution is 2.62. The molecule has 1 saturated heterocycles. The summed E-state index contributed by atoms with van der Waals surface area (Å²) >= 11 is 0. The van der Waals surface area contributed by atoms with Gasteiger partial charge in [0.2, 0.25) is 5.91 Å². The van der Waals surface area contributed by atoms with Gasteiger partial charge >= 0.3 is 6.09 Å². The molecule has 2 N–H and O–H groups in total. The summed E-state index contributed by atoms with van der Waals surface area (Å²) in [5.74, 6) is 0.852. The average Bonchev–Trinajstić information content (AvgIpc) is 3.43. The Morgan fingerprint density at radius 2 is 1.78 bits per heavy atom. The lowest BCUT2D eigenvalue weighted by Gasteiger charge is -2.30. The van der Waals surface area contributed by atoms with E-state index in [1.165, 1.54) is 5.56 Å². The van der Waals surface area contributed by atoms with Crippen LogP contribution in [0.2, 0.25) is 0 Å². The van der Waals surface area contributed by atoms with E-state index >= 15 is 0 Å². The highest BCUT2D eigenvalue weighted by atomic mass is 19.1. The zero-order valence-electron chi connectivity index (χ0n) is 21.7. The summed E-state index contributed by atoms with van der Waals surface area (Å²) in [5, 5.41) is 5.85. The van der Waals surface area contributed by atoms with Crippen molar-refractivity contribution < 1.29 is 28.2 Å². The van der Waals surface area contributed by atoms with Gasteiger partial charge in [-0.2, -0.15) is 0 Å². The molecule has 2 amide bonds. The predicted molar refractivity (Wildman–Crippen MR) is 135 cm³/mol. The molecule has 2 aliphatic carbocycles. The van der Waals surface area contributed by atoms with E-state index in [2.05, 4.69) is 22.8 Å². The van der Waals surface area contributed by atoms with Crippen molar-refractivity contribution >= 4 is 12.0 Å². The van der Waals surface area contributed by atoms with E-state index in [0.717, 1.165) is 58.2 Å². The molecule has 0 aromatic heterocycles. The number of alkyl carbamates (subject to hydrolysis) is 1. The number of hydrogen-bond acceptors (Lipinski definition) is 5. The third-order valence-corrected chi connectivity index (χ3v) is 7.78. The van der Waals surface area contributed by atoms with Crippen LogP contribution in [0.3, 0.4) is 0 Å². The number of rotatable bonds is 8. The summed E-state index contributed by atoms with van der Waals surface area (Å²) in [5.41, 5.74) is 0.702. The number of benzene rings is 1. The highest BCUT2D eigenvalue weighted by Gasteiger charge is 2.58. The zero-order chi connectivity index (χ0) is 25.8. The summed E-state index contributed by atoms with van der Waals surface area (Å²) in [7, 11) is 0. The molecule has 1 aromatic rings. The lowest BCUT2D eigenvalue weighted by Crippen LogP contribution is -2.45. The first kappa shape index (κ1) is 26.5. The predicted octanol–water partition coefficient (Wildman–Crippen LogP) is 4.94. The maximum atomic E-state index is 13.3. The molecule has 2 bridgehead atoms. The maximum absolute atomic E-state index is 13.3. The van der Waals surface area contributed by atoms with Crippen LogP contribution in [0.1, 0.15) is 71.3 Å². The molecule has 1 aliphatic heterocycles. The first-order chi connectivity index (χ1) is 17.1. The second-order valence-electron chi connectivity index (χ2n) is 11.5. The van der Waals surface area contributed by atoms with Gasteiger partial charge in [-0.1, -0.05) is 12.1 Å². The Labute approximate surface area is 213 Å². The minimum atomic E-state index is -0.617. The Hall–Kier alpha value is -2.61. The molecule has 0 unspecified atom stereocenters. The molecule has 198 valence electrons. The van der Waals surface area contributed by atoms with Crippen molar-refractivity contribution in [1.29, 1.82) is 0 Å². The molecule has 3 aliphatic rings. The highest BCUT2D eigenvalue weighted by molar-refractivity contribution is 5.84. The molecular formula is C28H39FN2O5.